The van der Waals surface area contributed by atoms with Gasteiger partial charge in [0, 0.05) is 12.1 Å². The molecule has 24 heavy (non-hydrogen) atoms. The monoisotopic (exact) mass is 336 g/mol. The number of halogens is 1. The number of ether oxygens (including phenoxy) is 2. The number of benzene rings is 1. The number of methoxy groups -OCH3 is 1. The van der Waals surface area contributed by atoms with Gasteiger partial charge in [-0.1, -0.05) is 6.08 Å². The highest BCUT2D eigenvalue weighted by Crippen LogP contribution is 2.33. The average molecular weight is 336 g/mol. The van der Waals surface area contributed by atoms with E-state index in [1.54, 1.807) is 26.8 Å². The molecule has 0 radical (unpaired) electrons. The summed E-state index contributed by atoms with van der Waals surface area (Å²) >= 11 is 0. The van der Waals surface area contributed by atoms with E-state index in [-0.39, 0.29) is 16.8 Å². The Kier molecular flexibility index (Phi) is 4.82. The number of carbonyl (C=O) groups excluding carboxylic acids is 2. The van der Waals surface area contributed by atoms with Crippen LogP contribution in [-0.2, 0) is 9.47 Å². The van der Waals surface area contributed by atoms with Crippen molar-refractivity contribution in [3.63, 3.8) is 0 Å². The van der Waals surface area contributed by atoms with E-state index >= 15 is 0 Å². The number of nitrogen functional groups attached to an aromatic ring is 1. The smallest absolute Gasteiger partial charge is 0.414 e. The molecule has 0 bridgehead atoms. The number of amides is 1. The van der Waals surface area contributed by atoms with Crippen LogP contribution in [0.4, 0.5) is 14.9 Å². The minimum absolute atomic E-state index is 0.0242. The lowest BCUT2D eigenvalue weighted by Crippen LogP contribution is -2.34. The van der Waals surface area contributed by atoms with Crippen molar-refractivity contribution in [3.8, 4) is 0 Å². The first-order valence-corrected chi connectivity index (χ1v) is 7.52. The zero-order valence-corrected chi connectivity index (χ0v) is 14.2. The Labute approximate surface area is 140 Å². The zero-order valence-electron chi connectivity index (χ0n) is 14.2. The molecule has 0 unspecified atom stereocenters. The summed E-state index contributed by atoms with van der Waals surface area (Å²) in [6, 6.07) is 2.43. The second-order valence-electron chi connectivity index (χ2n) is 6.42. The summed E-state index contributed by atoms with van der Waals surface area (Å²) in [6.07, 6.45) is 1.79. The van der Waals surface area contributed by atoms with Crippen LogP contribution in [0.2, 0.25) is 0 Å². The highest BCUT2D eigenvalue weighted by Gasteiger charge is 2.30. The molecule has 130 valence electrons. The molecule has 1 heterocycles. The van der Waals surface area contributed by atoms with Crippen molar-refractivity contribution in [3.05, 3.63) is 35.2 Å². The molecule has 6 nitrogen and oxygen atoms in total. The number of nitrogens with two attached hydrogens (primary N) is 1. The lowest BCUT2D eigenvalue weighted by Gasteiger charge is -2.26. The molecular weight excluding hydrogens is 315 g/mol. The fourth-order valence-corrected chi connectivity index (χ4v) is 2.39. The van der Waals surface area contributed by atoms with Crippen molar-refractivity contribution in [1.29, 1.82) is 0 Å². The van der Waals surface area contributed by atoms with Crippen molar-refractivity contribution in [2.75, 3.05) is 19.4 Å². The normalized spacial score (nSPS) is 14.4. The van der Waals surface area contributed by atoms with E-state index in [1.165, 1.54) is 18.1 Å². The second-order valence-corrected chi connectivity index (χ2v) is 6.42. The molecule has 0 spiro atoms. The molecule has 0 saturated carbocycles. The predicted molar refractivity (Wildman–Crippen MR) is 87.7 cm³/mol. The third-order valence-corrected chi connectivity index (χ3v) is 3.42. The van der Waals surface area contributed by atoms with Gasteiger partial charge >= 0.3 is 12.1 Å². The van der Waals surface area contributed by atoms with Crippen molar-refractivity contribution >= 4 is 23.4 Å². The molecule has 0 aromatic heterocycles. The number of hydrogen-bond donors (Lipinski definition) is 1. The molecule has 1 aliphatic rings. The molecule has 0 saturated heterocycles. The number of rotatable bonds is 2. The summed E-state index contributed by atoms with van der Waals surface area (Å²) in [5, 5.41) is 0. The molecule has 1 amide bonds. The first kappa shape index (κ1) is 17.8. The number of carbonyl (C=O) groups is 2. The van der Waals surface area contributed by atoms with Gasteiger partial charge < -0.3 is 15.2 Å². The van der Waals surface area contributed by atoms with Crippen LogP contribution in [0.15, 0.2) is 18.2 Å². The first-order chi connectivity index (χ1) is 11.1. The number of hydrogen-bond acceptors (Lipinski definition) is 5. The Bertz CT molecular complexity index is 707. The third kappa shape index (κ3) is 3.67. The molecule has 0 atom stereocenters. The van der Waals surface area contributed by atoms with Gasteiger partial charge in [-0.15, -0.1) is 0 Å². The van der Waals surface area contributed by atoms with E-state index in [0.717, 1.165) is 6.07 Å². The van der Waals surface area contributed by atoms with Crippen molar-refractivity contribution in [1.82, 2.24) is 4.90 Å². The predicted octanol–water partition coefficient (Wildman–Crippen LogP) is 3.18. The van der Waals surface area contributed by atoms with Crippen LogP contribution < -0.4 is 5.73 Å². The van der Waals surface area contributed by atoms with Gasteiger partial charge in [0.1, 0.15) is 11.4 Å². The summed E-state index contributed by atoms with van der Waals surface area (Å²) in [5.74, 6) is -1.43. The molecule has 2 N–H and O–H groups in total. The standard InChI is InChI=1S/C17H21FN2O4/c1-17(2,3)24-16(22)20-7-5-6-13(20)11-8-10(15(21)23-4)9-12(18)14(11)19/h6,8-9H,5,7,19H2,1-4H3. The molecule has 2 rings (SSSR count). The van der Waals surface area contributed by atoms with Crippen molar-refractivity contribution in [2.45, 2.75) is 32.8 Å². The maximum absolute atomic E-state index is 14.1. The van der Waals surface area contributed by atoms with Crippen LogP contribution in [0.3, 0.4) is 0 Å². The van der Waals surface area contributed by atoms with Gasteiger partial charge in [0.15, 0.2) is 0 Å². The Balaban J connectivity index is 2.41. The third-order valence-electron chi connectivity index (χ3n) is 3.42. The van der Waals surface area contributed by atoms with Crippen LogP contribution in [0.1, 0.15) is 43.1 Å². The van der Waals surface area contributed by atoms with Crippen molar-refractivity contribution in [2.24, 2.45) is 0 Å². The number of esters is 1. The quantitative estimate of drug-likeness (QED) is 0.662. The molecule has 0 aliphatic carbocycles. The Hall–Kier alpha value is -2.57. The maximum Gasteiger partial charge on any atom is 0.414 e. The minimum atomic E-state index is -0.746. The summed E-state index contributed by atoms with van der Waals surface area (Å²) < 4.78 is 24.1. The van der Waals surface area contributed by atoms with Gasteiger partial charge in [-0.05, 0) is 39.3 Å². The van der Waals surface area contributed by atoms with E-state index in [0.29, 0.717) is 18.7 Å². The molecular formula is C17H21FN2O4. The minimum Gasteiger partial charge on any atom is -0.465 e. The zero-order chi connectivity index (χ0) is 18.1. The second kappa shape index (κ2) is 6.51. The highest BCUT2D eigenvalue weighted by atomic mass is 19.1. The van der Waals surface area contributed by atoms with Gasteiger partial charge in [-0.3, -0.25) is 4.90 Å². The van der Waals surface area contributed by atoms with Gasteiger partial charge in [0.2, 0.25) is 0 Å². The van der Waals surface area contributed by atoms with Crippen LogP contribution >= 0.6 is 0 Å². The fraction of sp³-hybridized carbons (Fsp3) is 0.412. The largest absolute Gasteiger partial charge is 0.465 e. The Morgan fingerprint density at radius 1 is 1.29 bits per heavy atom. The van der Waals surface area contributed by atoms with E-state index in [4.69, 9.17) is 10.5 Å². The van der Waals surface area contributed by atoms with Gasteiger partial charge in [0.25, 0.3) is 0 Å². The summed E-state index contributed by atoms with van der Waals surface area (Å²) in [5.41, 5.74) is 5.73. The average Bonchev–Trinajstić information content (AvgIpc) is 2.96. The summed E-state index contributed by atoms with van der Waals surface area (Å²) in [6.45, 7) is 5.68. The summed E-state index contributed by atoms with van der Waals surface area (Å²) in [7, 11) is 1.21. The molecule has 1 aromatic carbocycles. The topological polar surface area (TPSA) is 81.9 Å². The van der Waals surface area contributed by atoms with E-state index < -0.39 is 23.5 Å². The van der Waals surface area contributed by atoms with E-state index in [9.17, 15) is 14.0 Å². The van der Waals surface area contributed by atoms with Gasteiger partial charge in [0.05, 0.1) is 24.1 Å². The maximum atomic E-state index is 14.1. The number of nitrogens with zero attached hydrogens (tertiary/aromatic N) is 1. The van der Waals surface area contributed by atoms with Crippen molar-refractivity contribution < 1.29 is 23.5 Å². The highest BCUT2D eigenvalue weighted by molar-refractivity contribution is 5.94. The van der Waals surface area contributed by atoms with Gasteiger partial charge in [-0.2, -0.15) is 0 Å². The SMILES string of the molecule is COC(=O)c1cc(F)c(N)c(C2=CCCN2C(=O)OC(C)(C)C)c1. The number of anilines is 1. The summed E-state index contributed by atoms with van der Waals surface area (Å²) in [4.78, 5) is 25.4. The molecule has 7 heteroatoms. The van der Waals surface area contributed by atoms with Crippen LogP contribution in [0.5, 0.6) is 0 Å². The van der Waals surface area contributed by atoms with Crippen LogP contribution in [0.25, 0.3) is 5.70 Å². The Morgan fingerprint density at radius 2 is 1.96 bits per heavy atom. The fourth-order valence-electron chi connectivity index (χ4n) is 2.39. The van der Waals surface area contributed by atoms with Crippen LogP contribution in [-0.4, -0.2) is 36.2 Å². The Morgan fingerprint density at radius 3 is 2.54 bits per heavy atom. The molecule has 1 aliphatic heterocycles. The molecule has 0 fully saturated rings. The first-order valence-electron chi connectivity index (χ1n) is 7.52. The molecule has 1 aromatic rings. The van der Waals surface area contributed by atoms with E-state index in [1.807, 2.05) is 0 Å². The van der Waals surface area contributed by atoms with E-state index in [2.05, 4.69) is 4.74 Å². The lowest BCUT2D eigenvalue weighted by atomic mass is 10.0. The lowest BCUT2D eigenvalue weighted by molar-refractivity contribution is 0.0365. The van der Waals surface area contributed by atoms with Crippen LogP contribution in [0, 0.1) is 5.82 Å². The van der Waals surface area contributed by atoms with Gasteiger partial charge in [-0.25, -0.2) is 14.0 Å².